The Morgan fingerprint density at radius 2 is 2.00 bits per heavy atom. The van der Waals surface area contributed by atoms with E-state index < -0.39 is 0 Å². The molecule has 0 saturated carbocycles. The molecule has 2 saturated heterocycles. The summed E-state index contributed by atoms with van der Waals surface area (Å²) in [6.07, 6.45) is 1.98. The molecule has 1 aromatic heterocycles. The van der Waals surface area contributed by atoms with E-state index in [0.29, 0.717) is 12.5 Å². The topological polar surface area (TPSA) is 59.9 Å². The molecule has 3 rings (SSSR count). The number of thiazole rings is 1. The monoisotopic (exact) mass is 380 g/mol. The van der Waals surface area contributed by atoms with Gasteiger partial charge in [-0.2, -0.15) is 0 Å². The standard InChI is InChI=1S/C19H32N4O2S/c1-4-17-18(26-14(2)20-17)19(25)23-11-15(16(12-23)13-24)10-22-7-5-6-21(3)8-9-22/h15-16,24H,4-13H2,1-3H3/t15-,16-/m1/s1. The van der Waals surface area contributed by atoms with Crippen molar-refractivity contribution in [1.82, 2.24) is 19.7 Å². The van der Waals surface area contributed by atoms with Crippen molar-refractivity contribution in [3.05, 3.63) is 15.6 Å². The normalized spacial score (nSPS) is 25.6. The SMILES string of the molecule is CCc1nc(C)sc1C(=O)N1C[C@@H](CN2CCCN(C)CC2)[C@@H](CO)C1. The van der Waals surface area contributed by atoms with Crippen molar-refractivity contribution in [2.45, 2.75) is 26.7 Å². The van der Waals surface area contributed by atoms with Crippen molar-refractivity contribution >= 4 is 17.2 Å². The fourth-order valence-electron chi connectivity index (χ4n) is 4.15. The summed E-state index contributed by atoms with van der Waals surface area (Å²) in [5, 5.41) is 10.8. The minimum Gasteiger partial charge on any atom is -0.396 e. The third kappa shape index (κ3) is 4.44. The summed E-state index contributed by atoms with van der Waals surface area (Å²) in [5.74, 6) is 0.634. The van der Waals surface area contributed by atoms with E-state index >= 15 is 0 Å². The number of amides is 1. The van der Waals surface area contributed by atoms with Crippen LogP contribution >= 0.6 is 11.3 Å². The molecule has 26 heavy (non-hydrogen) atoms. The fraction of sp³-hybridized carbons (Fsp3) is 0.789. The zero-order valence-corrected chi connectivity index (χ0v) is 17.1. The van der Waals surface area contributed by atoms with Crippen molar-refractivity contribution in [1.29, 1.82) is 0 Å². The summed E-state index contributed by atoms with van der Waals surface area (Å²) in [5.41, 5.74) is 0.914. The van der Waals surface area contributed by atoms with E-state index in [-0.39, 0.29) is 18.4 Å². The summed E-state index contributed by atoms with van der Waals surface area (Å²) < 4.78 is 0. The lowest BCUT2D eigenvalue weighted by molar-refractivity contribution is 0.0782. The van der Waals surface area contributed by atoms with Crippen LogP contribution in [-0.4, -0.2) is 90.2 Å². The molecule has 0 radical (unpaired) electrons. The number of rotatable bonds is 5. The third-order valence-corrected chi connectivity index (χ3v) is 6.74. The molecule has 2 aliphatic heterocycles. The summed E-state index contributed by atoms with van der Waals surface area (Å²) in [7, 11) is 2.18. The first-order valence-corrected chi connectivity index (χ1v) is 10.6. The summed E-state index contributed by atoms with van der Waals surface area (Å²) in [6.45, 7) is 11.0. The highest BCUT2D eigenvalue weighted by molar-refractivity contribution is 7.13. The fourth-order valence-corrected chi connectivity index (χ4v) is 5.13. The van der Waals surface area contributed by atoms with Gasteiger partial charge in [-0.05, 0) is 45.8 Å². The van der Waals surface area contributed by atoms with E-state index in [2.05, 4.69) is 21.8 Å². The van der Waals surface area contributed by atoms with Gasteiger partial charge in [0, 0.05) is 45.2 Å². The molecule has 0 spiro atoms. The molecule has 0 bridgehead atoms. The minimum atomic E-state index is 0.101. The smallest absolute Gasteiger partial charge is 0.265 e. The first-order chi connectivity index (χ1) is 12.5. The second-order valence-electron chi connectivity index (χ2n) is 7.73. The number of likely N-dealkylation sites (tertiary alicyclic amines) is 1. The molecule has 2 aliphatic rings. The molecule has 0 aliphatic carbocycles. The maximum absolute atomic E-state index is 13.0. The van der Waals surface area contributed by atoms with E-state index in [1.54, 1.807) is 0 Å². The molecule has 146 valence electrons. The van der Waals surface area contributed by atoms with Gasteiger partial charge in [0.1, 0.15) is 4.88 Å². The number of nitrogens with zero attached hydrogens (tertiary/aromatic N) is 4. The summed E-state index contributed by atoms with van der Waals surface area (Å²) in [4.78, 5) is 25.2. The van der Waals surface area contributed by atoms with Gasteiger partial charge >= 0.3 is 0 Å². The van der Waals surface area contributed by atoms with Gasteiger partial charge in [-0.15, -0.1) is 11.3 Å². The Balaban J connectivity index is 1.65. The largest absolute Gasteiger partial charge is 0.396 e. The van der Waals surface area contributed by atoms with E-state index in [9.17, 15) is 9.90 Å². The quantitative estimate of drug-likeness (QED) is 0.835. The van der Waals surface area contributed by atoms with Crippen LogP contribution in [-0.2, 0) is 6.42 Å². The number of aliphatic hydroxyl groups is 1. The highest BCUT2D eigenvalue weighted by atomic mass is 32.1. The predicted octanol–water partition coefficient (Wildman–Crippen LogP) is 1.33. The van der Waals surface area contributed by atoms with Crippen LogP contribution in [0.1, 0.15) is 33.7 Å². The highest BCUT2D eigenvalue weighted by Gasteiger charge is 2.37. The first kappa shape index (κ1) is 19.7. The average Bonchev–Trinajstić information content (AvgIpc) is 3.15. The number of aromatic nitrogens is 1. The van der Waals surface area contributed by atoms with Crippen LogP contribution in [0.15, 0.2) is 0 Å². The Morgan fingerprint density at radius 1 is 1.23 bits per heavy atom. The first-order valence-electron chi connectivity index (χ1n) is 9.79. The molecule has 1 amide bonds. The van der Waals surface area contributed by atoms with Crippen LogP contribution in [0.5, 0.6) is 0 Å². The summed E-state index contributed by atoms with van der Waals surface area (Å²) >= 11 is 1.50. The van der Waals surface area contributed by atoms with Gasteiger partial charge in [0.15, 0.2) is 0 Å². The molecule has 0 unspecified atom stereocenters. The Kier molecular flexibility index (Phi) is 6.66. The van der Waals surface area contributed by atoms with Gasteiger partial charge in [-0.1, -0.05) is 6.92 Å². The second-order valence-corrected chi connectivity index (χ2v) is 8.94. The molecule has 1 N–H and O–H groups in total. The van der Waals surface area contributed by atoms with Crippen molar-refractivity contribution in [2.24, 2.45) is 11.8 Å². The molecule has 2 atom stereocenters. The predicted molar refractivity (Wildman–Crippen MR) is 105 cm³/mol. The molecule has 7 heteroatoms. The van der Waals surface area contributed by atoms with Crippen molar-refractivity contribution in [3.63, 3.8) is 0 Å². The molecule has 3 heterocycles. The van der Waals surface area contributed by atoms with Crippen molar-refractivity contribution in [2.75, 3.05) is 59.5 Å². The lowest BCUT2D eigenvalue weighted by Gasteiger charge is -2.26. The molecule has 1 aromatic rings. The number of carbonyl (C=O) groups is 1. The van der Waals surface area contributed by atoms with Gasteiger partial charge in [0.05, 0.1) is 10.7 Å². The van der Waals surface area contributed by atoms with E-state index in [1.807, 2.05) is 18.7 Å². The average molecular weight is 381 g/mol. The zero-order valence-electron chi connectivity index (χ0n) is 16.3. The number of aryl methyl sites for hydroxylation is 2. The van der Waals surface area contributed by atoms with Crippen LogP contribution in [0.4, 0.5) is 0 Å². The van der Waals surface area contributed by atoms with Crippen LogP contribution in [0.3, 0.4) is 0 Å². The van der Waals surface area contributed by atoms with E-state index in [0.717, 1.165) is 61.3 Å². The number of aliphatic hydroxyl groups excluding tert-OH is 1. The van der Waals surface area contributed by atoms with Crippen molar-refractivity contribution in [3.8, 4) is 0 Å². The van der Waals surface area contributed by atoms with Gasteiger partial charge < -0.3 is 19.8 Å². The lowest BCUT2D eigenvalue weighted by Crippen LogP contribution is -2.36. The lowest BCUT2D eigenvalue weighted by atomic mass is 9.96. The summed E-state index contributed by atoms with van der Waals surface area (Å²) in [6, 6.07) is 0. The molecular weight excluding hydrogens is 348 g/mol. The number of hydrogen-bond donors (Lipinski definition) is 1. The molecular formula is C19H32N4O2S. The Labute approximate surface area is 160 Å². The maximum atomic E-state index is 13.0. The van der Waals surface area contributed by atoms with E-state index in [4.69, 9.17) is 0 Å². The van der Waals surface area contributed by atoms with Gasteiger partial charge in [0.25, 0.3) is 5.91 Å². The number of likely N-dealkylation sites (N-methyl/N-ethyl adjacent to an activating group) is 1. The Morgan fingerprint density at radius 3 is 2.73 bits per heavy atom. The van der Waals surface area contributed by atoms with Crippen molar-refractivity contribution < 1.29 is 9.90 Å². The van der Waals surface area contributed by atoms with E-state index in [1.165, 1.54) is 17.8 Å². The van der Waals surface area contributed by atoms with Gasteiger partial charge in [-0.3, -0.25) is 4.79 Å². The van der Waals surface area contributed by atoms with Crippen LogP contribution in [0.25, 0.3) is 0 Å². The van der Waals surface area contributed by atoms with Gasteiger partial charge in [-0.25, -0.2) is 4.98 Å². The zero-order chi connectivity index (χ0) is 18.7. The third-order valence-electron chi connectivity index (χ3n) is 5.74. The second kappa shape index (κ2) is 8.78. The maximum Gasteiger partial charge on any atom is 0.265 e. The van der Waals surface area contributed by atoms with Crippen LogP contribution in [0.2, 0.25) is 0 Å². The molecule has 0 aromatic carbocycles. The van der Waals surface area contributed by atoms with Crippen LogP contribution in [0, 0.1) is 18.8 Å². The number of hydrogen-bond acceptors (Lipinski definition) is 6. The Hall–Kier alpha value is -1.02. The van der Waals surface area contributed by atoms with Crippen LogP contribution < -0.4 is 0 Å². The Bertz CT molecular complexity index is 621. The van der Waals surface area contributed by atoms with Gasteiger partial charge in [0.2, 0.25) is 0 Å². The molecule has 6 nitrogen and oxygen atoms in total. The molecule has 2 fully saturated rings. The number of carbonyl (C=O) groups excluding carboxylic acids is 1. The highest BCUT2D eigenvalue weighted by Crippen LogP contribution is 2.28. The minimum absolute atomic E-state index is 0.101.